The SMILES string of the molecule is CNCC(Cc1ccc(Cl)c(OC)c1)c1ccccc1. The van der Waals surface area contributed by atoms with Gasteiger partial charge in [-0.25, -0.2) is 0 Å². The number of hydrogen-bond donors (Lipinski definition) is 1. The van der Waals surface area contributed by atoms with Gasteiger partial charge in [-0.05, 0) is 36.7 Å². The third kappa shape index (κ3) is 3.75. The summed E-state index contributed by atoms with van der Waals surface area (Å²) in [6, 6.07) is 16.6. The summed E-state index contributed by atoms with van der Waals surface area (Å²) >= 11 is 6.07. The first-order valence-electron chi connectivity index (χ1n) is 6.76. The molecule has 106 valence electrons. The molecule has 0 heterocycles. The van der Waals surface area contributed by atoms with Gasteiger partial charge in [0.2, 0.25) is 0 Å². The first-order valence-corrected chi connectivity index (χ1v) is 7.14. The first kappa shape index (κ1) is 14.9. The van der Waals surface area contributed by atoms with Crippen molar-refractivity contribution in [3.8, 4) is 5.75 Å². The second-order valence-electron chi connectivity index (χ2n) is 4.84. The number of rotatable bonds is 6. The molecule has 1 unspecified atom stereocenters. The number of halogens is 1. The Morgan fingerprint density at radius 3 is 2.55 bits per heavy atom. The lowest BCUT2D eigenvalue weighted by molar-refractivity contribution is 0.414. The van der Waals surface area contributed by atoms with Crippen molar-refractivity contribution in [2.45, 2.75) is 12.3 Å². The first-order chi connectivity index (χ1) is 9.74. The molecule has 0 saturated heterocycles. The van der Waals surface area contributed by atoms with Crippen molar-refractivity contribution < 1.29 is 4.74 Å². The zero-order valence-electron chi connectivity index (χ0n) is 11.9. The number of methoxy groups -OCH3 is 1. The van der Waals surface area contributed by atoms with Crippen molar-refractivity contribution in [1.82, 2.24) is 5.32 Å². The maximum absolute atomic E-state index is 6.07. The number of hydrogen-bond acceptors (Lipinski definition) is 2. The van der Waals surface area contributed by atoms with Crippen LogP contribution in [0.2, 0.25) is 5.02 Å². The summed E-state index contributed by atoms with van der Waals surface area (Å²) in [6.45, 7) is 0.939. The summed E-state index contributed by atoms with van der Waals surface area (Å²) in [6.07, 6.45) is 0.957. The van der Waals surface area contributed by atoms with Crippen LogP contribution in [0, 0.1) is 0 Å². The number of ether oxygens (including phenoxy) is 1. The van der Waals surface area contributed by atoms with E-state index in [2.05, 4.69) is 35.6 Å². The van der Waals surface area contributed by atoms with Crippen LogP contribution in [0.1, 0.15) is 17.0 Å². The topological polar surface area (TPSA) is 21.3 Å². The number of nitrogens with one attached hydrogen (secondary N) is 1. The van der Waals surface area contributed by atoms with Crippen LogP contribution in [0.25, 0.3) is 0 Å². The molecule has 2 aromatic rings. The average Bonchev–Trinajstić information content (AvgIpc) is 2.49. The second-order valence-corrected chi connectivity index (χ2v) is 5.25. The molecule has 1 N–H and O–H groups in total. The monoisotopic (exact) mass is 289 g/mol. The van der Waals surface area contributed by atoms with Gasteiger partial charge in [0, 0.05) is 12.5 Å². The Morgan fingerprint density at radius 1 is 1.15 bits per heavy atom. The Labute approximate surface area is 125 Å². The van der Waals surface area contributed by atoms with Gasteiger partial charge in [-0.2, -0.15) is 0 Å². The Balaban J connectivity index is 2.20. The lowest BCUT2D eigenvalue weighted by Gasteiger charge is -2.18. The van der Waals surface area contributed by atoms with Crippen LogP contribution in [0.4, 0.5) is 0 Å². The van der Waals surface area contributed by atoms with E-state index < -0.39 is 0 Å². The van der Waals surface area contributed by atoms with E-state index in [4.69, 9.17) is 16.3 Å². The van der Waals surface area contributed by atoms with E-state index in [1.54, 1.807) is 7.11 Å². The zero-order valence-corrected chi connectivity index (χ0v) is 12.7. The van der Waals surface area contributed by atoms with Crippen LogP contribution in [-0.4, -0.2) is 20.7 Å². The van der Waals surface area contributed by atoms with Crippen LogP contribution in [0.3, 0.4) is 0 Å². The van der Waals surface area contributed by atoms with Crippen molar-refractivity contribution in [1.29, 1.82) is 0 Å². The molecule has 20 heavy (non-hydrogen) atoms. The third-order valence-electron chi connectivity index (χ3n) is 3.42. The minimum atomic E-state index is 0.437. The quantitative estimate of drug-likeness (QED) is 0.871. The molecule has 0 aliphatic heterocycles. The fourth-order valence-electron chi connectivity index (χ4n) is 2.40. The highest BCUT2D eigenvalue weighted by atomic mass is 35.5. The molecule has 3 heteroatoms. The lowest BCUT2D eigenvalue weighted by atomic mass is 9.92. The summed E-state index contributed by atoms with van der Waals surface area (Å²) < 4.78 is 5.29. The highest BCUT2D eigenvalue weighted by Gasteiger charge is 2.12. The van der Waals surface area contributed by atoms with Gasteiger partial charge in [0.05, 0.1) is 12.1 Å². The Morgan fingerprint density at radius 2 is 1.90 bits per heavy atom. The van der Waals surface area contributed by atoms with Gasteiger partial charge in [0.15, 0.2) is 0 Å². The molecular formula is C17H20ClNO. The molecular weight excluding hydrogens is 270 g/mol. The van der Waals surface area contributed by atoms with E-state index in [1.165, 1.54) is 11.1 Å². The lowest BCUT2D eigenvalue weighted by Crippen LogP contribution is -2.19. The Hall–Kier alpha value is -1.51. The van der Waals surface area contributed by atoms with Crippen molar-refractivity contribution in [3.05, 3.63) is 64.7 Å². The van der Waals surface area contributed by atoms with Gasteiger partial charge in [0.1, 0.15) is 5.75 Å². The minimum Gasteiger partial charge on any atom is -0.495 e. The molecule has 0 spiro atoms. The van der Waals surface area contributed by atoms with Crippen LogP contribution in [-0.2, 0) is 6.42 Å². The third-order valence-corrected chi connectivity index (χ3v) is 3.73. The molecule has 0 fully saturated rings. The summed E-state index contributed by atoms with van der Waals surface area (Å²) in [7, 11) is 3.63. The van der Waals surface area contributed by atoms with E-state index in [1.807, 2.05) is 25.2 Å². The van der Waals surface area contributed by atoms with Crippen LogP contribution in [0.5, 0.6) is 5.75 Å². The van der Waals surface area contributed by atoms with Crippen LogP contribution < -0.4 is 10.1 Å². The standard InChI is InChI=1S/C17H20ClNO/c1-19-12-15(14-6-4-3-5-7-14)10-13-8-9-16(18)17(11-13)20-2/h3-9,11,15,19H,10,12H2,1-2H3. The largest absolute Gasteiger partial charge is 0.495 e. The second kappa shape index (κ2) is 7.32. The maximum Gasteiger partial charge on any atom is 0.137 e. The minimum absolute atomic E-state index is 0.437. The van der Waals surface area contributed by atoms with E-state index in [9.17, 15) is 0 Å². The molecule has 1 atom stereocenters. The summed E-state index contributed by atoms with van der Waals surface area (Å²) in [4.78, 5) is 0. The van der Waals surface area contributed by atoms with E-state index in [0.717, 1.165) is 18.7 Å². The fraction of sp³-hybridized carbons (Fsp3) is 0.294. The molecule has 2 aromatic carbocycles. The molecule has 0 bridgehead atoms. The normalized spacial score (nSPS) is 12.2. The molecule has 0 aliphatic carbocycles. The summed E-state index contributed by atoms with van der Waals surface area (Å²) in [5.74, 6) is 1.17. The van der Waals surface area contributed by atoms with Gasteiger partial charge < -0.3 is 10.1 Å². The maximum atomic E-state index is 6.07. The predicted molar refractivity (Wildman–Crippen MR) is 84.8 cm³/mol. The summed E-state index contributed by atoms with van der Waals surface area (Å²) in [5, 5.41) is 3.92. The van der Waals surface area contributed by atoms with Gasteiger partial charge in [-0.3, -0.25) is 0 Å². The Kier molecular flexibility index (Phi) is 5.45. The molecule has 0 aromatic heterocycles. The Bertz CT molecular complexity index is 542. The average molecular weight is 290 g/mol. The van der Waals surface area contributed by atoms with Gasteiger partial charge in [-0.1, -0.05) is 48.0 Å². The predicted octanol–water partition coefficient (Wildman–Crippen LogP) is 3.89. The highest BCUT2D eigenvalue weighted by molar-refractivity contribution is 6.32. The van der Waals surface area contributed by atoms with E-state index >= 15 is 0 Å². The smallest absolute Gasteiger partial charge is 0.137 e. The van der Waals surface area contributed by atoms with Crippen molar-refractivity contribution in [2.24, 2.45) is 0 Å². The molecule has 2 rings (SSSR count). The molecule has 0 aliphatic rings. The van der Waals surface area contributed by atoms with Crippen LogP contribution in [0.15, 0.2) is 48.5 Å². The van der Waals surface area contributed by atoms with Gasteiger partial charge in [0.25, 0.3) is 0 Å². The fourth-order valence-corrected chi connectivity index (χ4v) is 2.59. The van der Waals surface area contributed by atoms with Crippen molar-refractivity contribution >= 4 is 11.6 Å². The van der Waals surface area contributed by atoms with Gasteiger partial charge >= 0.3 is 0 Å². The van der Waals surface area contributed by atoms with Gasteiger partial charge in [-0.15, -0.1) is 0 Å². The van der Waals surface area contributed by atoms with Crippen LogP contribution >= 0.6 is 11.6 Å². The molecule has 0 amide bonds. The number of benzene rings is 2. The number of likely N-dealkylation sites (N-methyl/N-ethyl adjacent to an activating group) is 1. The van der Waals surface area contributed by atoms with E-state index in [0.29, 0.717) is 10.9 Å². The molecule has 0 saturated carbocycles. The molecule has 2 nitrogen and oxygen atoms in total. The highest BCUT2D eigenvalue weighted by Crippen LogP contribution is 2.28. The van der Waals surface area contributed by atoms with Crippen molar-refractivity contribution in [2.75, 3.05) is 20.7 Å². The van der Waals surface area contributed by atoms with E-state index in [-0.39, 0.29) is 0 Å². The van der Waals surface area contributed by atoms with Crippen molar-refractivity contribution in [3.63, 3.8) is 0 Å². The zero-order chi connectivity index (χ0) is 14.4. The summed E-state index contributed by atoms with van der Waals surface area (Å²) in [5.41, 5.74) is 2.58. The molecule has 0 radical (unpaired) electrons.